The Morgan fingerprint density at radius 1 is 1.24 bits per heavy atom. The van der Waals surface area contributed by atoms with Crippen LogP contribution in [0.1, 0.15) is 38.3 Å². The van der Waals surface area contributed by atoms with Gasteiger partial charge in [0.1, 0.15) is 0 Å². The summed E-state index contributed by atoms with van der Waals surface area (Å²) in [6, 6.07) is 3.51. The summed E-state index contributed by atoms with van der Waals surface area (Å²) in [5.41, 5.74) is 0.603. The first-order valence-corrected chi connectivity index (χ1v) is 7.45. The summed E-state index contributed by atoms with van der Waals surface area (Å²) < 4.78 is 26.4. The molecule has 0 spiro atoms. The van der Waals surface area contributed by atoms with E-state index in [4.69, 9.17) is 0 Å². The summed E-state index contributed by atoms with van der Waals surface area (Å²) in [5.74, 6) is -1.65. The lowest BCUT2D eigenvalue weighted by molar-refractivity contribution is -0.126. The Kier molecular flexibility index (Phi) is 5.28. The quantitative estimate of drug-likeness (QED) is 0.897. The average molecular weight is 296 g/mol. The van der Waals surface area contributed by atoms with E-state index in [2.05, 4.69) is 10.6 Å². The van der Waals surface area contributed by atoms with Crippen molar-refractivity contribution in [1.29, 1.82) is 0 Å². The van der Waals surface area contributed by atoms with Gasteiger partial charge >= 0.3 is 0 Å². The number of carbonyl (C=O) groups is 1. The molecule has 116 valence electrons. The number of halogens is 2. The van der Waals surface area contributed by atoms with Gasteiger partial charge in [-0.25, -0.2) is 8.78 Å². The van der Waals surface area contributed by atoms with E-state index in [1.165, 1.54) is 12.1 Å². The summed E-state index contributed by atoms with van der Waals surface area (Å²) in [5, 5.41) is 6.21. The Morgan fingerprint density at radius 3 is 2.48 bits per heavy atom. The molecular weight excluding hydrogens is 274 g/mol. The van der Waals surface area contributed by atoms with Gasteiger partial charge in [0.2, 0.25) is 5.91 Å². The van der Waals surface area contributed by atoms with Crippen LogP contribution in [0.3, 0.4) is 0 Å². The highest BCUT2D eigenvalue weighted by atomic mass is 19.2. The number of carbonyl (C=O) groups excluding carboxylic acids is 1. The van der Waals surface area contributed by atoms with Crippen LogP contribution in [0.4, 0.5) is 8.78 Å². The molecule has 1 aromatic rings. The molecule has 1 aliphatic heterocycles. The lowest BCUT2D eigenvalue weighted by atomic mass is 9.92. The van der Waals surface area contributed by atoms with Gasteiger partial charge in [0.05, 0.1) is 6.04 Å². The van der Waals surface area contributed by atoms with Gasteiger partial charge in [-0.05, 0) is 49.5 Å². The third-order valence-electron chi connectivity index (χ3n) is 3.98. The van der Waals surface area contributed by atoms with E-state index >= 15 is 0 Å². The number of hydrogen-bond acceptors (Lipinski definition) is 2. The van der Waals surface area contributed by atoms with Crippen molar-refractivity contribution in [3.05, 3.63) is 35.4 Å². The van der Waals surface area contributed by atoms with Crippen LogP contribution in [0.15, 0.2) is 18.2 Å². The van der Waals surface area contributed by atoms with E-state index < -0.39 is 11.6 Å². The molecule has 0 aromatic heterocycles. The monoisotopic (exact) mass is 296 g/mol. The van der Waals surface area contributed by atoms with E-state index in [1.54, 1.807) is 0 Å². The minimum atomic E-state index is -0.880. The maximum Gasteiger partial charge on any atom is 0.223 e. The normalized spacial score (nSPS) is 17.8. The zero-order valence-electron chi connectivity index (χ0n) is 12.5. The van der Waals surface area contributed by atoms with Crippen molar-refractivity contribution >= 4 is 5.91 Å². The minimum Gasteiger partial charge on any atom is -0.349 e. The standard InChI is InChI=1S/C16H22F2N2O/c1-10(2)15(12-3-4-13(17)14(18)9-12)20-16(21)11-5-7-19-8-6-11/h3-4,9-11,15,19H,5-8H2,1-2H3,(H,20,21). The second kappa shape index (κ2) is 6.98. The zero-order valence-corrected chi connectivity index (χ0v) is 12.5. The van der Waals surface area contributed by atoms with E-state index in [-0.39, 0.29) is 23.8 Å². The molecule has 1 aromatic carbocycles. The summed E-state index contributed by atoms with van der Waals surface area (Å²) >= 11 is 0. The third kappa shape index (κ3) is 4.00. The predicted octanol–water partition coefficient (Wildman–Crippen LogP) is 2.78. The number of nitrogens with one attached hydrogen (secondary N) is 2. The van der Waals surface area contributed by atoms with Crippen molar-refractivity contribution in [2.45, 2.75) is 32.7 Å². The second-order valence-electron chi connectivity index (χ2n) is 5.93. The molecule has 2 rings (SSSR count). The fraction of sp³-hybridized carbons (Fsp3) is 0.562. The van der Waals surface area contributed by atoms with Crippen LogP contribution in [0.25, 0.3) is 0 Å². The highest BCUT2D eigenvalue weighted by molar-refractivity contribution is 5.79. The van der Waals surface area contributed by atoms with Gasteiger partial charge in [0.15, 0.2) is 11.6 Å². The van der Waals surface area contributed by atoms with Crippen molar-refractivity contribution in [3.8, 4) is 0 Å². The summed E-state index contributed by atoms with van der Waals surface area (Å²) in [6.07, 6.45) is 1.63. The number of piperidine rings is 1. The van der Waals surface area contributed by atoms with Crippen LogP contribution < -0.4 is 10.6 Å². The van der Waals surface area contributed by atoms with Gasteiger partial charge in [0.25, 0.3) is 0 Å². The highest BCUT2D eigenvalue weighted by Gasteiger charge is 2.25. The van der Waals surface area contributed by atoms with Crippen LogP contribution in [-0.2, 0) is 4.79 Å². The molecule has 5 heteroatoms. The number of amides is 1. The molecule has 0 bridgehead atoms. The number of rotatable bonds is 4. The molecule has 21 heavy (non-hydrogen) atoms. The Morgan fingerprint density at radius 2 is 1.90 bits per heavy atom. The van der Waals surface area contributed by atoms with Gasteiger partial charge in [-0.15, -0.1) is 0 Å². The molecule has 1 heterocycles. The van der Waals surface area contributed by atoms with Gasteiger partial charge in [0, 0.05) is 5.92 Å². The predicted molar refractivity (Wildman–Crippen MR) is 77.7 cm³/mol. The number of benzene rings is 1. The number of hydrogen-bond donors (Lipinski definition) is 2. The second-order valence-corrected chi connectivity index (χ2v) is 5.93. The molecule has 1 atom stereocenters. The molecule has 0 radical (unpaired) electrons. The van der Waals surface area contributed by atoms with Crippen molar-refractivity contribution < 1.29 is 13.6 Å². The first-order valence-electron chi connectivity index (χ1n) is 7.45. The van der Waals surface area contributed by atoms with E-state index in [9.17, 15) is 13.6 Å². The maximum atomic E-state index is 13.4. The van der Waals surface area contributed by atoms with Crippen molar-refractivity contribution in [2.24, 2.45) is 11.8 Å². The van der Waals surface area contributed by atoms with Crippen LogP contribution in [0.5, 0.6) is 0 Å². The van der Waals surface area contributed by atoms with Crippen molar-refractivity contribution in [1.82, 2.24) is 10.6 Å². The molecule has 0 saturated carbocycles. The van der Waals surface area contributed by atoms with Gasteiger partial charge in [-0.2, -0.15) is 0 Å². The fourth-order valence-electron chi connectivity index (χ4n) is 2.70. The maximum absolute atomic E-state index is 13.4. The Labute approximate surface area is 124 Å². The first-order chi connectivity index (χ1) is 9.99. The SMILES string of the molecule is CC(C)C(NC(=O)C1CCNCC1)c1ccc(F)c(F)c1. The van der Waals surface area contributed by atoms with E-state index in [1.807, 2.05) is 13.8 Å². The van der Waals surface area contributed by atoms with Gasteiger partial charge in [-0.1, -0.05) is 19.9 Å². The summed E-state index contributed by atoms with van der Waals surface area (Å²) in [6.45, 7) is 5.59. The van der Waals surface area contributed by atoms with Crippen LogP contribution >= 0.6 is 0 Å². The van der Waals surface area contributed by atoms with Crippen LogP contribution in [0.2, 0.25) is 0 Å². The average Bonchev–Trinajstić information content (AvgIpc) is 2.48. The molecule has 1 aliphatic rings. The van der Waals surface area contributed by atoms with E-state index in [0.29, 0.717) is 5.56 Å². The van der Waals surface area contributed by atoms with E-state index in [0.717, 1.165) is 32.0 Å². The van der Waals surface area contributed by atoms with Crippen molar-refractivity contribution in [2.75, 3.05) is 13.1 Å². The first kappa shape index (κ1) is 15.9. The van der Waals surface area contributed by atoms with Crippen molar-refractivity contribution in [3.63, 3.8) is 0 Å². The summed E-state index contributed by atoms with van der Waals surface area (Å²) in [7, 11) is 0. The molecule has 1 fully saturated rings. The highest BCUT2D eigenvalue weighted by Crippen LogP contribution is 2.24. The molecule has 1 amide bonds. The third-order valence-corrected chi connectivity index (χ3v) is 3.98. The largest absolute Gasteiger partial charge is 0.349 e. The van der Waals surface area contributed by atoms with Crippen LogP contribution in [0, 0.1) is 23.5 Å². The Hall–Kier alpha value is -1.49. The smallest absolute Gasteiger partial charge is 0.223 e. The minimum absolute atomic E-state index is 0.0000619. The topological polar surface area (TPSA) is 41.1 Å². The Balaban J connectivity index is 2.11. The molecule has 1 unspecified atom stereocenters. The summed E-state index contributed by atoms with van der Waals surface area (Å²) in [4.78, 5) is 12.3. The fourth-order valence-corrected chi connectivity index (χ4v) is 2.70. The zero-order chi connectivity index (χ0) is 15.4. The molecule has 3 nitrogen and oxygen atoms in total. The molecule has 2 N–H and O–H groups in total. The molecule has 0 aliphatic carbocycles. The lowest BCUT2D eigenvalue weighted by Crippen LogP contribution is -2.40. The molecule has 1 saturated heterocycles. The lowest BCUT2D eigenvalue weighted by Gasteiger charge is -2.27. The molecular formula is C16H22F2N2O. The van der Waals surface area contributed by atoms with Gasteiger partial charge < -0.3 is 10.6 Å². The Bertz CT molecular complexity index is 499. The van der Waals surface area contributed by atoms with Gasteiger partial charge in [-0.3, -0.25) is 4.79 Å². The van der Waals surface area contributed by atoms with Crippen LogP contribution in [-0.4, -0.2) is 19.0 Å².